The molecule has 132 valence electrons. The molecule has 26 heavy (non-hydrogen) atoms. The van der Waals surface area contributed by atoms with Gasteiger partial charge >= 0.3 is 0 Å². The quantitative estimate of drug-likeness (QED) is 0.658. The molecular formula is C20H17Cl2N3O. The molecule has 2 aromatic carbocycles. The molecule has 1 aromatic heterocycles. The van der Waals surface area contributed by atoms with E-state index in [-0.39, 0.29) is 11.9 Å². The van der Waals surface area contributed by atoms with Crippen LogP contribution in [-0.4, -0.2) is 27.5 Å². The van der Waals surface area contributed by atoms with Gasteiger partial charge in [-0.15, -0.1) is 0 Å². The van der Waals surface area contributed by atoms with Crippen LogP contribution in [0.15, 0.2) is 48.5 Å². The van der Waals surface area contributed by atoms with Gasteiger partial charge in [0.15, 0.2) is 0 Å². The Bertz CT molecular complexity index is 965. The first-order chi connectivity index (χ1) is 12.6. The average Bonchev–Trinajstić information content (AvgIpc) is 3.16. The number of H-pyrrole nitrogens is 1. The molecule has 4 rings (SSSR count). The van der Waals surface area contributed by atoms with Gasteiger partial charge in [0.25, 0.3) is 5.91 Å². The summed E-state index contributed by atoms with van der Waals surface area (Å²) < 4.78 is 0. The first kappa shape index (κ1) is 17.1. The molecule has 3 aromatic rings. The number of aromatic nitrogens is 2. The second-order valence-electron chi connectivity index (χ2n) is 6.32. The SMILES string of the molecule is CCCN1C(=O)c2[nH]nc(-c3ccc(Cl)cc3)c2C1c1cccc(Cl)c1. The van der Waals surface area contributed by atoms with Gasteiger partial charge in [-0.05, 0) is 36.2 Å². The maximum absolute atomic E-state index is 13.0. The van der Waals surface area contributed by atoms with E-state index in [4.69, 9.17) is 23.2 Å². The molecule has 0 saturated carbocycles. The summed E-state index contributed by atoms with van der Waals surface area (Å²) in [6, 6.07) is 14.9. The second-order valence-corrected chi connectivity index (χ2v) is 7.20. The van der Waals surface area contributed by atoms with Crippen molar-refractivity contribution in [3.8, 4) is 11.3 Å². The van der Waals surface area contributed by atoms with Crippen LogP contribution in [0.1, 0.15) is 41.0 Å². The second kappa shape index (κ2) is 6.78. The minimum atomic E-state index is -0.208. The van der Waals surface area contributed by atoms with Crippen LogP contribution in [0, 0.1) is 0 Å². The maximum Gasteiger partial charge on any atom is 0.273 e. The van der Waals surface area contributed by atoms with Crippen molar-refractivity contribution in [3.63, 3.8) is 0 Å². The van der Waals surface area contributed by atoms with Crippen LogP contribution < -0.4 is 0 Å². The third-order valence-electron chi connectivity index (χ3n) is 4.61. The Hall–Kier alpha value is -2.30. The molecule has 1 amide bonds. The van der Waals surface area contributed by atoms with E-state index in [2.05, 4.69) is 17.1 Å². The molecule has 0 bridgehead atoms. The Morgan fingerprint density at radius 2 is 1.88 bits per heavy atom. The molecule has 0 aliphatic carbocycles. The predicted molar refractivity (Wildman–Crippen MR) is 104 cm³/mol. The lowest BCUT2D eigenvalue weighted by molar-refractivity contribution is 0.0744. The molecule has 1 N–H and O–H groups in total. The number of carbonyl (C=O) groups excluding carboxylic acids is 1. The fourth-order valence-corrected chi connectivity index (χ4v) is 3.84. The third kappa shape index (κ3) is 2.79. The molecule has 2 heterocycles. The summed E-state index contributed by atoms with van der Waals surface area (Å²) in [5.74, 6) is -0.0282. The lowest BCUT2D eigenvalue weighted by Gasteiger charge is -2.26. The van der Waals surface area contributed by atoms with Crippen molar-refractivity contribution in [3.05, 3.63) is 75.4 Å². The van der Waals surface area contributed by atoms with Crippen molar-refractivity contribution in [1.29, 1.82) is 0 Å². The normalized spacial score (nSPS) is 16.2. The van der Waals surface area contributed by atoms with Crippen molar-refractivity contribution >= 4 is 29.1 Å². The van der Waals surface area contributed by atoms with Crippen molar-refractivity contribution in [2.45, 2.75) is 19.4 Å². The molecule has 1 aliphatic rings. The predicted octanol–water partition coefficient (Wildman–Crippen LogP) is 5.34. The number of hydrogen-bond acceptors (Lipinski definition) is 2. The average molecular weight is 386 g/mol. The molecule has 1 atom stereocenters. The van der Waals surface area contributed by atoms with E-state index in [0.717, 1.165) is 28.8 Å². The fourth-order valence-electron chi connectivity index (χ4n) is 3.52. The van der Waals surface area contributed by atoms with Crippen molar-refractivity contribution in [2.75, 3.05) is 6.54 Å². The van der Waals surface area contributed by atoms with E-state index in [1.165, 1.54) is 0 Å². The zero-order chi connectivity index (χ0) is 18.3. The Balaban J connectivity index is 1.89. The topological polar surface area (TPSA) is 49.0 Å². The van der Waals surface area contributed by atoms with Gasteiger partial charge in [-0.3, -0.25) is 9.89 Å². The van der Waals surface area contributed by atoms with Crippen LogP contribution in [0.25, 0.3) is 11.3 Å². The molecule has 0 spiro atoms. The van der Waals surface area contributed by atoms with Gasteiger partial charge < -0.3 is 4.90 Å². The van der Waals surface area contributed by atoms with Crippen molar-refractivity contribution < 1.29 is 4.79 Å². The summed E-state index contributed by atoms with van der Waals surface area (Å²) in [6.07, 6.45) is 0.872. The van der Waals surface area contributed by atoms with E-state index in [9.17, 15) is 4.79 Å². The highest BCUT2D eigenvalue weighted by Crippen LogP contribution is 2.43. The van der Waals surface area contributed by atoms with E-state index >= 15 is 0 Å². The molecular weight excluding hydrogens is 369 g/mol. The number of benzene rings is 2. The van der Waals surface area contributed by atoms with Gasteiger partial charge in [0.05, 0.1) is 11.7 Å². The number of nitrogens with zero attached hydrogens (tertiary/aromatic N) is 2. The number of nitrogens with one attached hydrogen (secondary N) is 1. The summed E-state index contributed by atoms with van der Waals surface area (Å²) in [5, 5.41) is 8.69. The molecule has 4 nitrogen and oxygen atoms in total. The number of rotatable bonds is 4. The highest BCUT2D eigenvalue weighted by Gasteiger charge is 2.41. The van der Waals surface area contributed by atoms with Gasteiger partial charge in [0.2, 0.25) is 0 Å². The summed E-state index contributed by atoms with van der Waals surface area (Å²) in [5.41, 5.74) is 4.12. The number of fused-ring (bicyclic) bond motifs is 1. The van der Waals surface area contributed by atoms with E-state index in [1.807, 2.05) is 53.4 Å². The standard InChI is InChI=1S/C20H17Cl2N3O/c1-2-10-25-19(13-4-3-5-15(22)11-13)16-17(23-24-18(16)20(25)26)12-6-8-14(21)9-7-12/h3-9,11,19H,2,10H2,1H3,(H,23,24). The molecule has 0 fully saturated rings. The molecule has 6 heteroatoms. The van der Waals surface area contributed by atoms with Gasteiger partial charge in [-0.1, -0.05) is 54.4 Å². The van der Waals surface area contributed by atoms with Crippen molar-refractivity contribution in [1.82, 2.24) is 15.1 Å². The highest BCUT2D eigenvalue weighted by molar-refractivity contribution is 6.31. The summed E-state index contributed by atoms with van der Waals surface area (Å²) in [7, 11) is 0. The van der Waals surface area contributed by atoms with Gasteiger partial charge in [0.1, 0.15) is 5.69 Å². The zero-order valence-corrected chi connectivity index (χ0v) is 15.7. The molecule has 1 aliphatic heterocycles. The number of aromatic amines is 1. The number of halogens is 2. The van der Waals surface area contributed by atoms with Crippen molar-refractivity contribution in [2.24, 2.45) is 0 Å². The van der Waals surface area contributed by atoms with E-state index in [0.29, 0.717) is 22.3 Å². The molecule has 0 saturated heterocycles. The number of amides is 1. The van der Waals surface area contributed by atoms with E-state index in [1.54, 1.807) is 0 Å². The Morgan fingerprint density at radius 3 is 2.58 bits per heavy atom. The Morgan fingerprint density at radius 1 is 1.12 bits per heavy atom. The summed E-state index contributed by atoms with van der Waals surface area (Å²) in [6.45, 7) is 2.73. The van der Waals surface area contributed by atoms with Gasteiger partial charge in [0, 0.05) is 27.7 Å². The minimum absolute atomic E-state index is 0.0282. The summed E-state index contributed by atoms with van der Waals surface area (Å²) in [4.78, 5) is 14.8. The minimum Gasteiger partial charge on any atom is -0.326 e. The largest absolute Gasteiger partial charge is 0.326 e. The fraction of sp³-hybridized carbons (Fsp3) is 0.200. The van der Waals surface area contributed by atoms with Crippen LogP contribution in [0.3, 0.4) is 0 Å². The molecule has 1 unspecified atom stereocenters. The monoisotopic (exact) mass is 385 g/mol. The first-order valence-corrected chi connectivity index (χ1v) is 9.26. The smallest absolute Gasteiger partial charge is 0.273 e. The third-order valence-corrected chi connectivity index (χ3v) is 5.10. The molecule has 0 radical (unpaired) electrons. The summed E-state index contributed by atoms with van der Waals surface area (Å²) >= 11 is 12.2. The maximum atomic E-state index is 13.0. The van der Waals surface area contributed by atoms with Crippen LogP contribution in [-0.2, 0) is 0 Å². The zero-order valence-electron chi connectivity index (χ0n) is 14.2. The van der Waals surface area contributed by atoms with Gasteiger partial charge in [-0.25, -0.2) is 0 Å². The number of carbonyl (C=O) groups is 1. The Kier molecular flexibility index (Phi) is 4.47. The van der Waals surface area contributed by atoms with Crippen LogP contribution in [0.5, 0.6) is 0 Å². The first-order valence-electron chi connectivity index (χ1n) is 8.50. The Labute approximate surface area is 161 Å². The lowest BCUT2D eigenvalue weighted by Crippen LogP contribution is -2.30. The van der Waals surface area contributed by atoms with Crippen LogP contribution in [0.2, 0.25) is 10.0 Å². The highest BCUT2D eigenvalue weighted by atomic mass is 35.5. The van der Waals surface area contributed by atoms with Crippen LogP contribution in [0.4, 0.5) is 0 Å². The number of hydrogen-bond donors (Lipinski definition) is 1. The van der Waals surface area contributed by atoms with E-state index < -0.39 is 0 Å². The lowest BCUT2D eigenvalue weighted by atomic mass is 9.96. The van der Waals surface area contributed by atoms with Crippen LogP contribution >= 0.6 is 23.2 Å². The van der Waals surface area contributed by atoms with Gasteiger partial charge in [-0.2, -0.15) is 5.10 Å².